The fourth-order valence-electron chi connectivity index (χ4n) is 1.68. The van der Waals surface area contributed by atoms with E-state index in [1.807, 2.05) is 0 Å². The fourth-order valence-corrected chi connectivity index (χ4v) is 2.67. The summed E-state index contributed by atoms with van der Waals surface area (Å²) in [6.07, 6.45) is -3.83. The molecule has 1 aromatic heterocycles. The van der Waals surface area contributed by atoms with Crippen LogP contribution in [0.2, 0.25) is 4.34 Å². The molecular weight excluding hydrogens is 259 g/mol. The van der Waals surface area contributed by atoms with Crippen molar-refractivity contribution in [2.24, 2.45) is 0 Å². The zero-order chi connectivity index (χ0) is 12.0. The summed E-state index contributed by atoms with van der Waals surface area (Å²) in [5.41, 5.74) is -0.855. The maximum absolute atomic E-state index is 12.7. The molecule has 90 valence electrons. The van der Waals surface area contributed by atoms with E-state index in [0.717, 1.165) is 5.56 Å². The zero-order valence-corrected chi connectivity index (χ0v) is 10.1. The standard InChI is InChI=1S/C10H11ClF3NS/c1-6(7-4-8(11)16-5-7)15-9(2-3-9)10(12,13)14/h4-6,15H,2-3H2,1H3. The van der Waals surface area contributed by atoms with Gasteiger partial charge in [-0.3, -0.25) is 5.32 Å². The van der Waals surface area contributed by atoms with Gasteiger partial charge in [0.1, 0.15) is 5.54 Å². The minimum atomic E-state index is -4.17. The van der Waals surface area contributed by atoms with E-state index in [2.05, 4.69) is 5.32 Å². The highest BCUT2D eigenvalue weighted by Gasteiger charge is 2.63. The molecule has 1 atom stereocenters. The van der Waals surface area contributed by atoms with Crippen molar-refractivity contribution in [3.8, 4) is 0 Å². The molecule has 1 aliphatic rings. The van der Waals surface area contributed by atoms with Crippen LogP contribution in [0.25, 0.3) is 0 Å². The van der Waals surface area contributed by atoms with Gasteiger partial charge in [-0.25, -0.2) is 0 Å². The molecule has 0 bridgehead atoms. The second-order valence-electron chi connectivity index (χ2n) is 4.13. The predicted molar refractivity (Wildman–Crippen MR) is 58.9 cm³/mol. The Bertz CT molecular complexity index is 384. The van der Waals surface area contributed by atoms with E-state index in [1.165, 1.54) is 11.3 Å². The lowest BCUT2D eigenvalue weighted by Crippen LogP contribution is -2.45. The number of rotatable bonds is 3. The minimum Gasteiger partial charge on any atom is -0.297 e. The molecule has 1 fully saturated rings. The molecule has 2 rings (SSSR count). The molecule has 1 nitrogen and oxygen atoms in total. The van der Waals surface area contributed by atoms with E-state index in [9.17, 15) is 13.2 Å². The SMILES string of the molecule is CC(NC1(C(F)(F)F)CC1)c1csc(Cl)c1. The quantitative estimate of drug-likeness (QED) is 0.869. The van der Waals surface area contributed by atoms with E-state index >= 15 is 0 Å². The van der Waals surface area contributed by atoms with Crippen LogP contribution in [0.15, 0.2) is 11.4 Å². The van der Waals surface area contributed by atoms with Gasteiger partial charge in [0.05, 0.1) is 4.34 Å². The van der Waals surface area contributed by atoms with Gasteiger partial charge in [-0.05, 0) is 36.8 Å². The van der Waals surface area contributed by atoms with Crippen LogP contribution in [0.4, 0.5) is 13.2 Å². The molecule has 1 aromatic rings. The summed E-state index contributed by atoms with van der Waals surface area (Å²) in [5, 5.41) is 4.44. The Balaban J connectivity index is 2.06. The summed E-state index contributed by atoms with van der Waals surface area (Å²) < 4.78 is 38.7. The molecule has 1 unspecified atom stereocenters. The van der Waals surface area contributed by atoms with Gasteiger partial charge >= 0.3 is 6.18 Å². The molecule has 0 radical (unpaired) electrons. The summed E-state index contributed by atoms with van der Waals surface area (Å²) in [6, 6.07) is 1.38. The molecule has 1 aliphatic carbocycles. The van der Waals surface area contributed by atoms with Gasteiger partial charge in [0.15, 0.2) is 0 Å². The average molecular weight is 270 g/mol. The molecule has 0 aliphatic heterocycles. The van der Waals surface area contributed by atoms with Gasteiger partial charge in [0, 0.05) is 6.04 Å². The molecule has 0 saturated heterocycles. The molecule has 1 saturated carbocycles. The van der Waals surface area contributed by atoms with Gasteiger partial charge in [-0.1, -0.05) is 11.6 Å². The summed E-state index contributed by atoms with van der Waals surface area (Å²) in [5.74, 6) is 0. The molecule has 1 heterocycles. The van der Waals surface area contributed by atoms with Crippen LogP contribution in [0, 0.1) is 0 Å². The first-order valence-electron chi connectivity index (χ1n) is 4.92. The minimum absolute atomic E-state index is 0.165. The molecule has 0 amide bonds. The van der Waals surface area contributed by atoms with Crippen molar-refractivity contribution >= 4 is 22.9 Å². The van der Waals surface area contributed by atoms with Crippen LogP contribution in [-0.4, -0.2) is 11.7 Å². The highest BCUT2D eigenvalue weighted by molar-refractivity contribution is 7.14. The first kappa shape index (κ1) is 12.2. The maximum Gasteiger partial charge on any atom is 0.406 e. The van der Waals surface area contributed by atoms with Crippen molar-refractivity contribution < 1.29 is 13.2 Å². The predicted octanol–water partition coefficient (Wildman–Crippen LogP) is 4.15. The number of nitrogens with one attached hydrogen (secondary N) is 1. The molecular formula is C10H11ClF3NS. The summed E-state index contributed by atoms with van der Waals surface area (Å²) in [4.78, 5) is 0. The normalized spacial score (nSPS) is 20.8. The van der Waals surface area contributed by atoms with Crippen molar-refractivity contribution in [1.82, 2.24) is 5.32 Å². The van der Waals surface area contributed by atoms with Crippen molar-refractivity contribution in [2.75, 3.05) is 0 Å². The van der Waals surface area contributed by atoms with Crippen LogP contribution >= 0.6 is 22.9 Å². The van der Waals surface area contributed by atoms with Crippen molar-refractivity contribution in [1.29, 1.82) is 0 Å². The maximum atomic E-state index is 12.7. The van der Waals surface area contributed by atoms with Crippen LogP contribution < -0.4 is 5.32 Å². The smallest absolute Gasteiger partial charge is 0.297 e. The number of thiophene rings is 1. The zero-order valence-electron chi connectivity index (χ0n) is 8.57. The van der Waals surface area contributed by atoms with E-state index in [1.54, 1.807) is 18.4 Å². The van der Waals surface area contributed by atoms with Crippen molar-refractivity contribution in [3.63, 3.8) is 0 Å². The lowest BCUT2D eigenvalue weighted by Gasteiger charge is -2.24. The largest absolute Gasteiger partial charge is 0.406 e. The van der Waals surface area contributed by atoms with Gasteiger partial charge in [-0.15, -0.1) is 11.3 Å². The monoisotopic (exact) mass is 269 g/mol. The average Bonchev–Trinajstić information content (AvgIpc) is 2.81. The Labute approximate surface area is 101 Å². The van der Waals surface area contributed by atoms with E-state index in [-0.39, 0.29) is 18.9 Å². The lowest BCUT2D eigenvalue weighted by atomic mass is 10.1. The first-order chi connectivity index (χ1) is 7.34. The number of alkyl halides is 3. The first-order valence-corrected chi connectivity index (χ1v) is 6.18. The Kier molecular flexibility index (Phi) is 2.97. The lowest BCUT2D eigenvalue weighted by molar-refractivity contribution is -0.167. The summed E-state index contributed by atoms with van der Waals surface area (Å²) in [6.45, 7) is 1.73. The van der Waals surface area contributed by atoms with E-state index in [4.69, 9.17) is 11.6 Å². The van der Waals surface area contributed by atoms with E-state index in [0.29, 0.717) is 4.34 Å². The number of hydrogen-bond acceptors (Lipinski definition) is 2. The van der Waals surface area contributed by atoms with Crippen LogP contribution in [0.5, 0.6) is 0 Å². The van der Waals surface area contributed by atoms with Gasteiger partial charge in [-0.2, -0.15) is 13.2 Å². The molecule has 6 heteroatoms. The van der Waals surface area contributed by atoms with E-state index < -0.39 is 11.7 Å². The highest BCUT2D eigenvalue weighted by atomic mass is 35.5. The van der Waals surface area contributed by atoms with Gasteiger partial charge < -0.3 is 0 Å². The molecule has 0 spiro atoms. The van der Waals surface area contributed by atoms with Gasteiger partial charge in [0.25, 0.3) is 0 Å². The van der Waals surface area contributed by atoms with Crippen LogP contribution in [0.3, 0.4) is 0 Å². The molecule has 0 aromatic carbocycles. The second kappa shape index (κ2) is 3.89. The third-order valence-corrected chi connectivity index (χ3v) is 3.98. The fraction of sp³-hybridized carbons (Fsp3) is 0.600. The summed E-state index contributed by atoms with van der Waals surface area (Å²) >= 11 is 7.08. The third kappa shape index (κ3) is 2.21. The van der Waals surface area contributed by atoms with Gasteiger partial charge in [0.2, 0.25) is 0 Å². The summed E-state index contributed by atoms with van der Waals surface area (Å²) in [7, 11) is 0. The number of hydrogen-bond donors (Lipinski definition) is 1. The second-order valence-corrected chi connectivity index (χ2v) is 5.67. The van der Waals surface area contributed by atoms with Crippen molar-refractivity contribution in [2.45, 2.75) is 37.5 Å². The third-order valence-electron chi connectivity index (χ3n) is 2.87. The van der Waals surface area contributed by atoms with Crippen LogP contribution in [0.1, 0.15) is 31.4 Å². The Morgan fingerprint density at radius 3 is 2.50 bits per heavy atom. The highest BCUT2D eigenvalue weighted by Crippen LogP contribution is 2.50. The Morgan fingerprint density at radius 1 is 1.50 bits per heavy atom. The Hall–Kier alpha value is -0.260. The van der Waals surface area contributed by atoms with Crippen LogP contribution in [-0.2, 0) is 0 Å². The number of halogens is 4. The topological polar surface area (TPSA) is 12.0 Å². The van der Waals surface area contributed by atoms with Crippen molar-refractivity contribution in [3.05, 3.63) is 21.3 Å². The Morgan fingerprint density at radius 2 is 2.12 bits per heavy atom. The molecule has 16 heavy (non-hydrogen) atoms. The molecule has 1 N–H and O–H groups in total.